The molecule has 32 heavy (non-hydrogen) atoms. The number of rotatable bonds is 8. The van der Waals surface area contributed by atoms with E-state index in [0.29, 0.717) is 6.42 Å². The van der Waals surface area contributed by atoms with Gasteiger partial charge in [-0.05, 0) is 23.1 Å². The fourth-order valence-electron chi connectivity index (χ4n) is 4.30. The van der Waals surface area contributed by atoms with E-state index in [1.165, 1.54) is 0 Å². The zero-order chi connectivity index (χ0) is 23.2. The number of hydrogen-bond donors (Lipinski definition) is 1. The molecule has 0 heterocycles. The Morgan fingerprint density at radius 2 is 1.09 bits per heavy atom. The van der Waals surface area contributed by atoms with Gasteiger partial charge in [-0.15, -0.1) is 0 Å². The first-order valence-corrected chi connectivity index (χ1v) is 11.3. The summed E-state index contributed by atoms with van der Waals surface area (Å²) in [5.41, 5.74) is 1.59. The second-order valence-corrected chi connectivity index (χ2v) is 9.32. The number of amides is 1. The minimum absolute atomic E-state index is 0.125. The summed E-state index contributed by atoms with van der Waals surface area (Å²) in [6, 6.07) is 30.1. The largest absolute Gasteiger partial charge is 0.338 e. The van der Waals surface area contributed by atoms with E-state index in [0.717, 1.165) is 16.7 Å². The van der Waals surface area contributed by atoms with E-state index in [2.05, 4.69) is 5.32 Å². The van der Waals surface area contributed by atoms with Gasteiger partial charge in [0.15, 0.2) is 0 Å². The third-order valence-corrected chi connectivity index (χ3v) is 5.98. The van der Waals surface area contributed by atoms with Crippen molar-refractivity contribution < 1.29 is 9.59 Å². The highest BCUT2D eigenvalue weighted by molar-refractivity contribution is 5.90. The lowest BCUT2D eigenvalue weighted by atomic mass is 9.76. The topological polar surface area (TPSA) is 46.2 Å². The summed E-state index contributed by atoms with van der Waals surface area (Å²) in [5, 5.41) is 3.36. The van der Waals surface area contributed by atoms with Crippen LogP contribution < -0.4 is 5.32 Å². The lowest BCUT2D eigenvalue weighted by Crippen LogP contribution is -2.48. The van der Waals surface area contributed by atoms with E-state index in [9.17, 15) is 9.59 Å². The highest BCUT2D eigenvalue weighted by Crippen LogP contribution is 2.37. The Bertz CT molecular complexity index is 924. The van der Waals surface area contributed by atoms with Crippen LogP contribution in [0.5, 0.6) is 0 Å². The van der Waals surface area contributed by atoms with Crippen LogP contribution in [0, 0.1) is 11.3 Å². The third-order valence-electron chi connectivity index (χ3n) is 5.98. The fraction of sp³-hybridized carbons (Fsp3) is 0.310. The van der Waals surface area contributed by atoms with E-state index in [4.69, 9.17) is 0 Å². The molecule has 3 aromatic carbocycles. The lowest BCUT2D eigenvalue weighted by molar-refractivity contribution is -0.134. The van der Waals surface area contributed by atoms with Crippen molar-refractivity contribution in [1.29, 1.82) is 0 Å². The summed E-state index contributed by atoms with van der Waals surface area (Å²) in [5.74, 6) is -0.319. The molecule has 0 saturated carbocycles. The van der Waals surface area contributed by atoms with Crippen molar-refractivity contribution in [3.63, 3.8) is 0 Å². The quantitative estimate of drug-likeness (QED) is 0.440. The minimum atomic E-state index is -0.857. The predicted octanol–water partition coefficient (Wildman–Crippen LogP) is 6.13. The molecule has 1 atom stereocenters. The Hall–Kier alpha value is -3.20. The molecule has 3 aromatic rings. The van der Waals surface area contributed by atoms with E-state index < -0.39 is 11.0 Å². The maximum absolute atomic E-state index is 13.5. The van der Waals surface area contributed by atoms with Crippen molar-refractivity contribution in [1.82, 2.24) is 5.32 Å². The lowest BCUT2D eigenvalue weighted by Gasteiger charge is -2.37. The van der Waals surface area contributed by atoms with E-state index >= 15 is 0 Å². The van der Waals surface area contributed by atoms with Crippen LogP contribution >= 0.6 is 0 Å². The molecule has 0 aromatic heterocycles. The summed E-state index contributed by atoms with van der Waals surface area (Å²) < 4.78 is 0. The Morgan fingerprint density at radius 1 is 0.719 bits per heavy atom. The standard InChI is InChI=1S/C29H33NO2/c1-5-22(27(32)28(2,3)4)21-26(31)30-29(23-15-9-6-10-16-23,24-17-11-7-12-18-24)25-19-13-8-14-20-25/h6-20,22H,5,21H2,1-4H3,(H,30,31)/t22-/m0/s1. The number of nitrogens with one attached hydrogen (secondary N) is 1. The number of benzene rings is 3. The molecule has 0 aliphatic rings. The Labute approximate surface area is 191 Å². The van der Waals surface area contributed by atoms with Gasteiger partial charge in [-0.3, -0.25) is 9.59 Å². The maximum atomic E-state index is 13.5. The first kappa shape index (κ1) is 23.5. The zero-order valence-corrected chi connectivity index (χ0v) is 19.5. The Morgan fingerprint density at radius 3 is 1.41 bits per heavy atom. The van der Waals surface area contributed by atoms with Gasteiger partial charge in [0.1, 0.15) is 11.3 Å². The maximum Gasteiger partial charge on any atom is 0.221 e. The summed E-state index contributed by atoms with van der Waals surface area (Å²) in [6.07, 6.45) is 0.805. The smallest absolute Gasteiger partial charge is 0.221 e. The van der Waals surface area contributed by atoms with Crippen LogP contribution in [0.4, 0.5) is 0 Å². The van der Waals surface area contributed by atoms with Gasteiger partial charge in [0.2, 0.25) is 5.91 Å². The molecule has 0 saturated heterocycles. The van der Waals surface area contributed by atoms with Gasteiger partial charge < -0.3 is 5.32 Å². The molecular weight excluding hydrogens is 394 g/mol. The normalized spacial score (nSPS) is 12.8. The van der Waals surface area contributed by atoms with E-state index in [1.807, 2.05) is 119 Å². The summed E-state index contributed by atoms with van der Waals surface area (Å²) in [7, 11) is 0. The van der Waals surface area contributed by atoms with Crippen LogP contribution in [0.15, 0.2) is 91.0 Å². The van der Waals surface area contributed by atoms with Gasteiger partial charge in [-0.25, -0.2) is 0 Å². The van der Waals surface area contributed by atoms with Crippen molar-refractivity contribution in [2.45, 2.75) is 46.1 Å². The molecule has 1 amide bonds. The molecule has 3 nitrogen and oxygen atoms in total. The number of hydrogen-bond acceptors (Lipinski definition) is 2. The van der Waals surface area contributed by atoms with Crippen molar-refractivity contribution >= 4 is 11.7 Å². The molecule has 0 aliphatic carbocycles. The monoisotopic (exact) mass is 427 g/mol. The fourth-order valence-corrected chi connectivity index (χ4v) is 4.30. The molecule has 1 N–H and O–H groups in total. The van der Waals surface area contributed by atoms with Crippen molar-refractivity contribution in [3.8, 4) is 0 Å². The highest BCUT2D eigenvalue weighted by Gasteiger charge is 2.39. The van der Waals surface area contributed by atoms with Gasteiger partial charge in [0, 0.05) is 17.8 Å². The Kier molecular flexibility index (Phi) is 7.29. The third kappa shape index (κ3) is 4.99. The van der Waals surface area contributed by atoms with Gasteiger partial charge in [0.05, 0.1) is 0 Å². The summed E-state index contributed by atoms with van der Waals surface area (Å²) >= 11 is 0. The molecular formula is C29H33NO2. The van der Waals surface area contributed by atoms with Crippen LogP contribution in [0.3, 0.4) is 0 Å². The van der Waals surface area contributed by atoms with Gasteiger partial charge >= 0.3 is 0 Å². The van der Waals surface area contributed by atoms with Crippen LogP contribution in [-0.4, -0.2) is 11.7 Å². The highest BCUT2D eigenvalue weighted by atomic mass is 16.2. The molecule has 0 spiro atoms. The number of Topliss-reactive ketones (excluding diaryl/α,β-unsaturated/α-hetero) is 1. The molecule has 166 valence electrons. The average Bonchev–Trinajstić information content (AvgIpc) is 2.81. The first-order chi connectivity index (χ1) is 15.3. The van der Waals surface area contributed by atoms with Crippen molar-refractivity contribution in [2.24, 2.45) is 11.3 Å². The van der Waals surface area contributed by atoms with Crippen LogP contribution in [0.2, 0.25) is 0 Å². The van der Waals surface area contributed by atoms with Gasteiger partial charge in [0.25, 0.3) is 0 Å². The molecule has 0 radical (unpaired) electrons. The number of carbonyl (C=O) groups excluding carboxylic acids is 2. The molecule has 0 aliphatic heterocycles. The van der Waals surface area contributed by atoms with Gasteiger partial charge in [-0.1, -0.05) is 119 Å². The van der Waals surface area contributed by atoms with Gasteiger partial charge in [-0.2, -0.15) is 0 Å². The van der Waals surface area contributed by atoms with E-state index in [-0.39, 0.29) is 24.0 Å². The molecule has 3 heteroatoms. The molecule has 0 bridgehead atoms. The van der Waals surface area contributed by atoms with Crippen LogP contribution in [0.25, 0.3) is 0 Å². The Balaban J connectivity index is 2.09. The van der Waals surface area contributed by atoms with Crippen molar-refractivity contribution in [3.05, 3.63) is 108 Å². The zero-order valence-electron chi connectivity index (χ0n) is 19.5. The van der Waals surface area contributed by atoms with Crippen molar-refractivity contribution in [2.75, 3.05) is 0 Å². The predicted molar refractivity (Wildman–Crippen MR) is 130 cm³/mol. The van der Waals surface area contributed by atoms with Crippen LogP contribution in [0.1, 0.15) is 57.2 Å². The number of ketones is 1. The van der Waals surface area contributed by atoms with E-state index in [1.54, 1.807) is 0 Å². The average molecular weight is 428 g/mol. The van der Waals surface area contributed by atoms with Crippen LogP contribution in [-0.2, 0) is 15.1 Å². The molecule has 0 unspecified atom stereocenters. The second-order valence-electron chi connectivity index (χ2n) is 9.32. The molecule has 0 fully saturated rings. The number of carbonyl (C=O) groups is 2. The SMILES string of the molecule is CC[C@@H](CC(=O)NC(c1ccccc1)(c1ccccc1)c1ccccc1)C(=O)C(C)(C)C. The second kappa shape index (κ2) is 9.95. The first-order valence-electron chi connectivity index (χ1n) is 11.3. The molecule has 3 rings (SSSR count). The summed E-state index contributed by atoms with van der Waals surface area (Å²) in [6.45, 7) is 7.72. The minimum Gasteiger partial charge on any atom is -0.338 e. The summed E-state index contributed by atoms with van der Waals surface area (Å²) in [4.78, 5) is 26.4.